The first-order chi connectivity index (χ1) is 12.3. The molecule has 1 amide bonds. The summed E-state index contributed by atoms with van der Waals surface area (Å²) in [5, 5.41) is 10.2. The largest absolute Gasteiger partial charge is 0.497 e. The third-order valence-electron chi connectivity index (χ3n) is 5.21. The second-order valence-electron chi connectivity index (χ2n) is 6.78. The van der Waals surface area contributed by atoms with Crippen LogP contribution in [0.1, 0.15) is 29.6 Å². The fraction of sp³-hybridized carbons (Fsp3) is 0.632. The van der Waals surface area contributed by atoms with Gasteiger partial charge in [-0.3, -0.25) is 4.79 Å². The Morgan fingerprint density at radius 1 is 1.27 bits per heavy atom. The number of hydrogen-bond acceptors (Lipinski definition) is 5. The lowest BCUT2D eigenvalue weighted by molar-refractivity contribution is 0.0526. The number of benzene rings is 1. The van der Waals surface area contributed by atoms with Crippen LogP contribution in [0.15, 0.2) is 24.3 Å². The van der Waals surface area contributed by atoms with Crippen molar-refractivity contribution in [3.05, 3.63) is 29.8 Å². The summed E-state index contributed by atoms with van der Waals surface area (Å²) in [4.78, 5) is 12.1. The zero-order chi connectivity index (χ0) is 17.5. The number of ether oxygens (including phenoxy) is 2. The first-order valence-corrected chi connectivity index (χ1v) is 9.24. The molecule has 1 aromatic carbocycles. The van der Waals surface area contributed by atoms with E-state index in [0.29, 0.717) is 30.1 Å². The number of amides is 1. The SMILES string of the molecule is COc1ccc(C(=O)NCCNC2CCCC2C2COCCN2)cc1.Cl. The number of morpholine rings is 1. The number of rotatable bonds is 7. The molecule has 0 spiro atoms. The molecule has 7 heteroatoms. The van der Waals surface area contributed by atoms with Gasteiger partial charge in [0.15, 0.2) is 0 Å². The Labute approximate surface area is 161 Å². The first-order valence-electron chi connectivity index (χ1n) is 9.24. The van der Waals surface area contributed by atoms with Crippen LogP contribution in [-0.4, -0.2) is 57.9 Å². The van der Waals surface area contributed by atoms with E-state index < -0.39 is 0 Å². The zero-order valence-corrected chi connectivity index (χ0v) is 16.1. The molecule has 1 aliphatic heterocycles. The smallest absolute Gasteiger partial charge is 0.251 e. The summed E-state index contributed by atoms with van der Waals surface area (Å²) >= 11 is 0. The van der Waals surface area contributed by atoms with Crippen LogP contribution in [0.2, 0.25) is 0 Å². The monoisotopic (exact) mass is 383 g/mol. The summed E-state index contributed by atoms with van der Waals surface area (Å²) in [6.45, 7) is 4.00. The summed E-state index contributed by atoms with van der Waals surface area (Å²) in [5.74, 6) is 1.33. The molecule has 1 saturated heterocycles. The topological polar surface area (TPSA) is 71.6 Å². The average Bonchev–Trinajstić information content (AvgIpc) is 3.14. The molecule has 0 aromatic heterocycles. The minimum absolute atomic E-state index is 0. The van der Waals surface area contributed by atoms with Crippen molar-refractivity contribution in [2.45, 2.75) is 31.3 Å². The van der Waals surface area contributed by atoms with Gasteiger partial charge in [-0.2, -0.15) is 0 Å². The van der Waals surface area contributed by atoms with Gasteiger partial charge in [0, 0.05) is 37.3 Å². The van der Waals surface area contributed by atoms with Gasteiger partial charge >= 0.3 is 0 Å². The van der Waals surface area contributed by atoms with Crippen LogP contribution in [-0.2, 0) is 4.74 Å². The summed E-state index contributed by atoms with van der Waals surface area (Å²) in [5.41, 5.74) is 0.656. The lowest BCUT2D eigenvalue weighted by atomic mass is 9.94. The molecule has 3 rings (SSSR count). The molecule has 146 valence electrons. The van der Waals surface area contributed by atoms with Crippen molar-refractivity contribution in [3.8, 4) is 5.75 Å². The molecule has 2 fully saturated rings. The Kier molecular flexibility index (Phi) is 8.65. The molecule has 1 aromatic rings. The minimum Gasteiger partial charge on any atom is -0.497 e. The third-order valence-corrected chi connectivity index (χ3v) is 5.21. The fourth-order valence-electron chi connectivity index (χ4n) is 3.86. The van der Waals surface area contributed by atoms with E-state index in [2.05, 4.69) is 16.0 Å². The van der Waals surface area contributed by atoms with Crippen molar-refractivity contribution in [1.29, 1.82) is 0 Å². The predicted octanol–water partition coefficient (Wildman–Crippen LogP) is 1.59. The minimum atomic E-state index is -0.0465. The first kappa shape index (κ1) is 21.0. The Morgan fingerprint density at radius 2 is 2.08 bits per heavy atom. The van der Waals surface area contributed by atoms with Crippen molar-refractivity contribution >= 4 is 18.3 Å². The lowest BCUT2D eigenvalue weighted by Gasteiger charge is -2.33. The molecule has 1 saturated carbocycles. The van der Waals surface area contributed by atoms with Gasteiger partial charge in [0.25, 0.3) is 5.91 Å². The van der Waals surface area contributed by atoms with Crippen molar-refractivity contribution in [2.75, 3.05) is 40.0 Å². The second kappa shape index (κ2) is 10.7. The van der Waals surface area contributed by atoms with Crippen molar-refractivity contribution < 1.29 is 14.3 Å². The molecule has 0 radical (unpaired) electrons. The number of carbonyl (C=O) groups excluding carboxylic acids is 1. The fourth-order valence-corrected chi connectivity index (χ4v) is 3.86. The van der Waals surface area contributed by atoms with Crippen LogP contribution in [0.4, 0.5) is 0 Å². The van der Waals surface area contributed by atoms with Gasteiger partial charge < -0.3 is 25.4 Å². The maximum Gasteiger partial charge on any atom is 0.251 e. The zero-order valence-electron chi connectivity index (χ0n) is 15.3. The molecule has 1 heterocycles. The molecule has 1 aliphatic carbocycles. The van der Waals surface area contributed by atoms with E-state index in [9.17, 15) is 4.79 Å². The van der Waals surface area contributed by atoms with Gasteiger partial charge in [-0.25, -0.2) is 0 Å². The maximum absolute atomic E-state index is 12.1. The van der Waals surface area contributed by atoms with E-state index in [-0.39, 0.29) is 18.3 Å². The molecule has 0 bridgehead atoms. The molecular weight excluding hydrogens is 354 g/mol. The quantitative estimate of drug-likeness (QED) is 0.624. The summed E-state index contributed by atoms with van der Waals surface area (Å²) in [6.07, 6.45) is 3.71. The van der Waals surface area contributed by atoms with E-state index in [1.165, 1.54) is 19.3 Å². The third kappa shape index (κ3) is 5.58. The molecule has 3 unspecified atom stereocenters. The predicted molar refractivity (Wildman–Crippen MR) is 104 cm³/mol. The number of methoxy groups -OCH3 is 1. The van der Waals surface area contributed by atoms with Crippen LogP contribution >= 0.6 is 12.4 Å². The highest BCUT2D eigenvalue weighted by molar-refractivity contribution is 5.94. The highest BCUT2D eigenvalue weighted by Gasteiger charge is 2.34. The molecular formula is C19H30ClN3O3. The molecule has 2 aliphatic rings. The van der Waals surface area contributed by atoms with Crippen LogP contribution < -0.4 is 20.7 Å². The maximum atomic E-state index is 12.1. The number of hydrogen-bond donors (Lipinski definition) is 3. The van der Waals surface area contributed by atoms with Gasteiger partial charge in [0.1, 0.15) is 5.75 Å². The number of nitrogens with one attached hydrogen (secondary N) is 3. The molecule has 3 atom stereocenters. The van der Waals surface area contributed by atoms with E-state index in [1.54, 1.807) is 31.4 Å². The summed E-state index contributed by atoms with van der Waals surface area (Å²) in [7, 11) is 1.62. The highest BCUT2D eigenvalue weighted by atomic mass is 35.5. The normalized spacial score (nSPS) is 25.3. The molecule has 26 heavy (non-hydrogen) atoms. The van der Waals surface area contributed by atoms with E-state index in [0.717, 1.165) is 32.1 Å². The van der Waals surface area contributed by atoms with Gasteiger partial charge in [0.05, 0.1) is 20.3 Å². The van der Waals surface area contributed by atoms with Crippen LogP contribution in [0.5, 0.6) is 5.75 Å². The molecule has 3 N–H and O–H groups in total. The summed E-state index contributed by atoms with van der Waals surface area (Å²) < 4.78 is 10.7. The Hall–Kier alpha value is -1.34. The van der Waals surface area contributed by atoms with E-state index >= 15 is 0 Å². The van der Waals surface area contributed by atoms with Gasteiger partial charge in [-0.05, 0) is 43.0 Å². The Balaban J connectivity index is 0.00000243. The van der Waals surface area contributed by atoms with Crippen LogP contribution in [0, 0.1) is 5.92 Å². The van der Waals surface area contributed by atoms with Gasteiger partial charge in [0.2, 0.25) is 0 Å². The van der Waals surface area contributed by atoms with E-state index in [4.69, 9.17) is 9.47 Å². The van der Waals surface area contributed by atoms with Crippen molar-refractivity contribution in [1.82, 2.24) is 16.0 Å². The lowest BCUT2D eigenvalue weighted by Crippen LogP contribution is -2.51. The average molecular weight is 384 g/mol. The molecule has 6 nitrogen and oxygen atoms in total. The van der Waals surface area contributed by atoms with E-state index in [1.807, 2.05) is 0 Å². The summed E-state index contributed by atoms with van der Waals surface area (Å²) in [6, 6.07) is 8.14. The van der Waals surface area contributed by atoms with Gasteiger partial charge in [-0.15, -0.1) is 12.4 Å². The Morgan fingerprint density at radius 3 is 2.77 bits per heavy atom. The number of halogens is 1. The number of carbonyl (C=O) groups is 1. The Bertz CT molecular complexity index is 549. The van der Waals surface area contributed by atoms with Crippen molar-refractivity contribution in [3.63, 3.8) is 0 Å². The standard InChI is InChI=1S/C19H29N3O3.ClH/c1-24-15-7-5-14(6-8-15)19(23)22-10-9-20-17-4-2-3-16(17)18-13-25-12-11-21-18;/h5-8,16-18,20-21H,2-4,9-13H2,1H3,(H,22,23);1H. The highest BCUT2D eigenvalue weighted by Crippen LogP contribution is 2.29. The van der Waals surface area contributed by atoms with Gasteiger partial charge in [-0.1, -0.05) is 6.42 Å². The second-order valence-corrected chi connectivity index (χ2v) is 6.78. The van der Waals surface area contributed by atoms with Crippen LogP contribution in [0.3, 0.4) is 0 Å². The van der Waals surface area contributed by atoms with Crippen LogP contribution in [0.25, 0.3) is 0 Å². The van der Waals surface area contributed by atoms with Crippen molar-refractivity contribution in [2.24, 2.45) is 5.92 Å².